The predicted octanol–water partition coefficient (Wildman–Crippen LogP) is 4.87. The molecule has 2 heterocycles. The van der Waals surface area contributed by atoms with E-state index in [1.807, 2.05) is 52.7 Å². The van der Waals surface area contributed by atoms with E-state index in [4.69, 9.17) is 4.74 Å². The molecule has 1 aliphatic heterocycles. The molecule has 0 saturated heterocycles. The zero-order valence-electron chi connectivity index (χ0n) is 18.7. The van der Waals surface area contributed by atoms with E-state index in [0.29, 0.717) is 18.7 Å². The summed E-state index contributed by atoms with van der Waals surface area (Å²) in [5.41, 5.74) is 3.92. The molecular formula is C27H28N2O3S. The number of ether oxygens (including phenoxy) is 1. The first-order valence-corrected chi connectivity index (χ1v) is 12.4. The third-order valence-corrected chi connectivity index (χ3v) is 7.72. The van der Waals surface area contributed by atoms with E-state index in [1.54, 1.807) is 18.4 Å². The number of carbonyl (C=O) groups excluding carboxylic acids is 2. The van der Waals surface area contributed by atoms with Crippen LogP contribution in [0.4, 0.5) is 0 Å². The minimum Gasteiger partial charge on any atom is -0.383 e. The first kappa shape index (κ1) is 21.9. The van der Waals surface area contributed by atoms with Crippen LogP contribution in [-0.2, 0) is 16.0 Å². The average molecular weight is 461 g/mol. The molecule has 1 N–H and O–H groups in total. The second-order valence-corrected chi connectivity index (χ2v) is 9.65. The Kier molecular flexibility index (Phi) is 6.29. The van der Waals surface area contributed by atoms with Crippen LogP contribution in [0.3, 0.4) is 0 Å². The number of methoxy groups -OCH3 is 1. The lowest BCUT2D eigenvalue weighted by molar-refractivity contribution is -0.125. The number of hydrogen-bond donors (Lipinski definition) is 1. The van der Waals surface area contributed by atoms with E-state index in [2.05, 4.69) is 23.5 Å². The van der Waals surface area contributed by atoms with E-state index in [1.165, 1.54) is 11.1 Å². The van der Waals surface area contributed by atoms with Crippen molar-refractivity contribution in [1.29, 1.82) is 0 Å². The molecule has 5 rings (SSSR count). The van der Waals surface area contributed by atoms with Gasteiger partial charge in [0.2, 0.25) is 5.91 Å². The summed E-state index contributed by atoms with van der Waals surface area (Å²) in [4.78, 5) is 30.3. The fourth-order valence-electron chi connectivity index (χ4n) is 5.25. The standard InChI is InChI=1S/C27H28N2O3S/c1-32-16-15-29-25(23-14-7-17-33-23)24(20-11-4-5-12-21(20)27(29)31)26(30)28-22-13-6-9-18-8-2-3-10-19(18)22/h2-5,7-8,10-12,14,17,22,24-25H,6,9,13,15-16H2,1H3,(H,28,30)/t22-,24+,25+/m1/s1. The molecule has 1 aliphatic carbocycles. The van der Waals surface area contributed by atoms with Gasteiger partial charge in [-0.25, -0.2) is 0 Å². The van der Waals surface area contributed by atoms with Crippen LogP contribution in [0.1, 0.15) is 62.8 Å². The van der Waals surface area contributed by atoms with Gasteiger partial charge in [-0.2, -0.15) is 0 Å². The maximum atomic E-state index is 14.0. The number of amides is 2. The van der Waals surface area contributed by atoms with Crippen molar-refractivity contribution in [2.45, 2.75) is 37.3 Å². The van der Waals surface area contributed by atoms with Crippen molar-refractivity contribution < 1.29 is 14.3 Å². The Morgan fingerprint density at radius 1 is 1.09 bits per heavy atom. The van der Waals surface area contributed by atoms with Crippen molar-refractivity contribution in [2.24, 2.45) is 0 Å². The lowest BCUT2D eigenvalue weighted by Crippen LogP contribution is -2.48. The summed E-state index contributed by atoms with van der Waals surface area (Å²) in [6, 6.07) is 19.6. The van der Waals surface area contributed by atoms with Crippen molar-refractivity contribution in [2.75, 3.05) is 20.3 Å². The molecule has 0 bridgehead atoms. The predicted molar refractivity (Wildman–Crippen MR) is 129 cm³/mol. The summed E-state index contributed by atoms with van der Waals surface area (Å²) in [5, 5.41) is 5.37. The summed E-state index contributed by atoms with van der Waals surface area (Å²) < 4.78 is 5.31. The molecule has 3 aromatic rings. The number of aryl methyl sites for hydroxylation is 1. The van der Waals surface area contributed by atoms with Crippen LogP contribution < -0.4 is 5.32 Å². The first-order valence-electron chi connectivity index (χ1n) is 11.5. The van der Waals surface area contributed by atoms with Gasteiger partial charge in [0, 0.05) is 24.1 Å². The molecule has 2 amide bonds. The molecule has 0 saturated carbocycles. The minimum atomic E-state index is -0.483. The molecule has 2 aromatic carbocycles. The number of fused-ring (bicyclic) bond motifs is 2. The van der Waals surface area contributed by atoms with E-state index >= 15 is 0 Å². The van der Waals surface area contributed by atoms with Gasteiger partial charge in [0.25, 0.3) is 5.91 Å². The van der Waals surface area contributed by atoms with E-state index in [9.17, 15) is 9.59 Å². The Labute approximate surface area is 198 Å². The molecule has 6 heteroatoms. The van der Waals surface area contributed by atoms with Gasteiger partial charge in [-0.3, -0.25) is 9.59 Å². The summed E-state index contributed by atoms with van der Waals surface area (Å²) in [7, 11) is 1.63. The smallest absolute Gasteiger partial charge is 0.254 e. The maximum absolute atomic E-state index is 14.0. The van der Waals surface area contributed by atoms with Gasteiger partial charge in [0.1, 0.15) is 0 Å². The molecule has 33 heavy (non-hydrogen) atoms. The van der Waals surface area contributed by atoms with Gasteiger partial charge < -0.3 is 15.0 Å². The van der Waals surface area contributed by atoms with E-state index in [-0.39, 0.29) is 23.9 Å². The molecule has 170 valence electrons. The van der Waals surface area contributed by atoms with Gasteiger partial charge in [-0.05, 0) is 53.5 Å². The molecular weight excluding hydrogens is 432 g/mol. The van der Waals surface area contributed by atoms with Crippen molar-refractivity contribution in [1.82, 2.24) is 10.2 Å². The van der Waals surface area contributed by atoms with Crippen molar-refractivity contribution in [3.63, 3.8) is 0 Å². The first-order chi connectivity index (χ1) is 16.2. The largest absolute Gasteiger partial charge is 0.383 e. The zero-order valence-corrected chi connectivity index (χ0v) is 19.5. The van der Waals surface area contributed by atoms with Gasteiger partial charge in [-0.1, -0.05) is 48.5 Å². The highest BCUT2D eigenvalue weighted by molar-refractivity contribution is 7.10. The lowest BCUT2D eigenvalue weighted by Gasteiger charge is -2.41. The molecule has 0 unspecified atom stereocenters. The highest BCUT2D eigenvalue weighted by Crippen LogP contribution is 2.44. The number of carbonyl (C=O) groups is 2. The van der Waals surface area contributed by atoms with Crippen molar-refractivity contribution >= 4 is 23.2 Å². The number of nitrogens with one attached hydrogen (secondary N) is 1. The van der Waals surface area contributed by atoms with Crippen LogP contribution in [0.15, 0.2) is 66.0 Å². The normalized spacial score (nSPS) is 21.9. The lowest BCUT2D eigenvalue weighted by atomic mass is 9.80. The number of benzene rings is 2. The third-order valence-electron chi connectivity index (χ3n) is 6.78. The number of nitrogens with zero attached hydrogens (tertiary/aromatic N) is 1. The highest BCUT2D eigenvalue weighted by atomic mass is 32.1. The highest BCUT2D eigenvalue weighted by Gasteiger charge is 2.45. The number of hydrogen-bond acceptors (Lipinski definition) is 4. The number of thiophene rings is 1. The molecule has 0 fully saturated rings. The van der Waals surface area contributed by atoms with Crippen LogP contribution in [0.2, 0.25) is 0 Å². The van der Waals surface area contributed by atoms with Crippen molar-refractivity contribution in [3.8, 4) is 0 Å². The Hall–Kier alpha value is -2.96. The summed E-state index contributed by atoms with van der Waals surface area (Å²) in [6.07, 6.45) is 3.02. The van der Waals surface area contributed by atoms with Gasteiger partial charge in [-0.15, -0.1) is 11.3 Å². The Bertz CT molecular complexity index is 1140. The topological polar surface area (TPSA) is 58.6 Å². The van der Waals surface area contributed by atoms with Gasteiger partial charge >= 0.3 is 0 Å². The van der Waals surface area contributed by atoms with Gasteiger partial charge in [0.05, 0.1) is 24.6 Å². The van der Waals surface area contributed by atoms with Crippen LogP contribution in [0.25, 0.3) is 0 Å². The Balaban J connectivity index is 1.55. The molecule has 0 radical (unpaired) electrons. The molecule has 2 aliphatic rings. The maximum Gasteiger partial charge on any atom is 0.254 e. The van der Waals surface area contributed by atoms with Crippen LogP contribution in [0.5, 0.6) is 0 Å². The zero-order chi connectivity index (χ0) is 22.8. The number of rotatable bonds is 6. The molecule has 3 atom stereocenters. The second kappa shape index (κ2) is 9.49. The summed E-state index contributed by atoms with van der Waals surface area (Å²) in [5.74, 6) is -0.561. The van der Waals surface area contributed by atoms with Gasteiger partial charge in [0.15, 0.2) is 0 Å². The van der Waals surface area contributed by atoms with E-state index < -0.39 is 5.92 Å². The summed E-state index contributed by atoms with van der Waals surface area (Å²) >= 11 is 1.58. The quantitative estimate of drug-likeness (QED) is 0.571. The SMILES string of the molecule is COCCN1C(=O)c2ccccc2[C@H](C(=O)N[C@@H]2CCCc3ccccc32)[C@@H]1c1cccs1. The van der Waals surface area contributed by atoms with Crippen LogP contribution in [-0.4, -0.2) is 37.0 Å². The minimum absolute atomic E-state index is 0.0105. The monoisotopic (exact) mass is 460 g/mol. The molecule has 5 nitrogen and oxygen atoms in total. The third kappa shape index (κ3) is 4.09. The average Bonchev–Trinajstić information content (AvgIpc) is 3.38. The second-order valence-electron chi connectivity index (χ2n) is 8.67. The van der Waals surface area contributed by atoms with Crippen LogP contribution >= 0.6 is 11.3 Å². The molecule has 0 spiro atoms. The van der Waals surface area contributed by atoms with Crippen LogP contribution in [0, 0.1) is 0 Å². The Morgan fingerprint density at radius 2 is 1.88 bits per heavy atom. The molecule has 1 aromatic heterocycles. The fourth-order valence-corrected chi connectivity index (χ4v) is 6.13. The van der Waals surface area contributed by atoms with Crippen molar-refractivity contribution in [3.05, 3.63) is 93.2 Å². The fraction of sp³-hybridized carbons (Fsp3) is 0.333. The summed E-state index contributed by atoms with van der Waals surface area (Å²) in [6.45, 7) is 0.850. The van der Waals surface area contributed by atoms with E-state index in [0.717, 1.165) is 29.7 Å². The Morgan fingerprint density at radius 3 is 2.67 bits per heavy atom.